The van der Waals surface area contributed by atoms with Crippen LogP contribution in [0.5, 0.6) is 5.75 Å². The van der Waals surface area contributed by atoms with Crippen LogP contribution in [0.1, 0.15) is 17.5 Å². The minimum atomic E-state index is 0.460. The molecule has 3 aromatic rings. The standard InChI is InChI=1S/C15H15ClN2OS/c1-3-19-13-6-4-11(5-7-13)14-10(2)20-15-17-9-12(8-16)18(14)15/h4-7,9H,3,8H2,1-2H3. The molecule has 0 spiro atoms. The summed E-state index contributed by atoms with van der Waals surface area (Å²) >= 11 is 7.69. The van der Waals surface area contributed by atoms with Gasteiger partial charge < -0.3 is 4.74 Å². The Morgan fingerprint density at radius 2 is 2.05 bits per heavy atom. The molecule has 0 atom stereocenters. The molecule has 3 rings (SSSR count). The number of thiazole rings is 1. The zero-order chi connectivity index (χ0) is 14.1. The second-order valence-electron chi connectivity index (χ2n) is 4.47. The van der Waals surface area contributed by atoms with E-state index in [0.29, 0.717) is 12.5 Å². The van der Waals surface area contributed by atoms with E-state index >= 15 is 0 Å². The molecule has 0 bridgehead atoms. The van der Waals surface area contributed by atoms with Gasteiger partial charge in [0.25, 0.3) is 0 Å². The first kappa shape index (κ1) is 13.5. The van der Waals surface area contributed by atoms with E-state index in [4.69, 9.17) is 16.3 Å². The summed E-state index contributed by atoms with van der Waals surface area (Å²) in [4.78, 5) is 6.64. The summed E-state index contributed by atoms with van der Waals surface area (Å²) in [6, 6.07) is 8.16. The van der Waals surface area contributed by atoms with Gasteiger partial charge in [0, 0.05) is 4.88 Å². The van der Waals surface area contributed by atoms with Crippen LogP contribution < -0.4 is 4.74 Å². The Labute approximate surface area is 126 Å². The second-order valence-corrected chi connectivity index (χ2v) is 5.91. The van der Waals surface area contributed by atoms with Crippen molar-refractivity contribution in [3.63, 3.8) is 0 Å². The van der Waals surface area contributed by atoms with E-state index in [1.165, 1.54) is 10.6 Å². The van der Waals surface area contributed by atoms with Crippen LogP contribution in [0.4, 0.5) is 0 Å². The predicted octanol–water partition coefficient (Wildman–Crippen LogP) is 4.51. The van der Waals surface area contributed by atoms with Crippen LogP contribution in [0.25, 0.3) is 16.2 Å². The van der Waals surface area contributed by atoms with Crippen LogP contribution in [0.2, 0.25) is 0 Å². The molecule has 2 heterocycles. The van der Waals surface area contributed by atoms with Crippen molar-refractivity contribution in [1.82, 2.24) is 9.38 Å². The van der Waals surface area contributed by atoms with Gasteiger partial charge in [-0.05, 0) is 43.7 Å². The maximum atomic E-state index is 6.01. The van der Waals surface area contributed by atoms with Crippen LogP contribution in [0, 0.1) is 6.92 Å². The number of nitrogens with zero attached hydrogens (tertiary/aromatic N) is 2. The van der Waals surface area contributed by atoms with Gasteiger partial charge >= 0.3 is 0 Å². The molecule has 0 fully saturated rings. The summed E-state index contributed by atoms with van der Waals surface area (Å²) < 4.78 is 7.63. The fourth-order valence-electron chi connectivity index (χ4n) is 2.32. The zero-order valence-corrected chi connectivity index (χ0v) is 13.0. The Bertz CT molecular complexity index is 730. The smallest absolute Gasteiger partial charge is 0.194 e. The highest BCUT2D eigenvalue weighted by Gasteiger charge is 2.15. The van der Waals surface area contributed by atoms with E-state index in [9.17, 15) is 0 Å². The summed E-state index contributed by atoms with van der Waals surface area (Å²) in [5, 5.41) is 0. The highest BCUT2D eigenvalue weighted by atomic mass is 35.5. The lowest BCUT2D eigenvalue weighted by Gasteiger charge is -2.07. The predicted molar refractivity (Wildman–Crippen MR) is 84.0 cm³/mol. The molecule has 1 aromatic carbocycles. The number of aromatic nitrogens is 2. The normalized spacial score (nSPS) is 11.2. The van der Waals surface area contributed by atoms with E-state index in [2.05, 4.69) is 28.4 Å². The molecular formula is C15H15ClN2OS. The first-order valence-corrected chi connectivity index (χ1v) is 7.84. The molecule has 0 N–H and O–H groups in total. The molecule has 2 aromatic heterocycles. The number of ether oxygens (including phenoxy) is 1. The van der Waals surface area contributed by atoms with E-state index in [-0.39, 0.29) is 0 Å². The third kappa shape index (κ3) is 2.19. The molecule has 0 radical (unpaired) electrons. The van der Waals surface area contributed by atoms with Gasteiger partial charge in [0.1, 0.15) is 5.75 Å². The van der Waals surface area contributed by atoms with Gasteiger partial charge in [0.15, 0.2) is 4.96 Å². The lowest BCUT2D eigenvalue weighted by atomic mass is 10.1. The highest BCUT2D eigenvalue weighted by Crippen LogP contribution is 2.33. The molecule has 20 heavy (non-hydrogen) atoms. The molecule has 3 nitrogen and oxygen atoms in total. The Balaban J connectivity index is 2.12. The first-order chi connectivity index (χ1) is 9.74. The topological polar surface area (TPSA) is 26.5 Å². The number of alkyl halides is 1. The molecule has 0 amide bonds. The van der Waals surface area contributed by atoms with Crippen LogP contribution in [0.3, 0.4) is 0 Å². The van der Waals surface area contributed by atoms with Crippen LogP contribution in [-0.2, 0) is 5.88 Å². The number of rotatable bonds is 4. The molecule has 0 aliphatic carbocycles. The molecular weight excluding hydrogens is 292 g/mol. The quantitative estimate of drug-likeness (QED) is 0.663. The summed E-state index contributed by atoms with van der Waals surface area (Å²) in [6.45, 7) is 4.78. The summed E-state index contributed by atoms with van der Waals surface area (Å²) in [5.41, 5.74) is 3.35. The third-order valence-corrected chi connectivity index (χ3v) is 4.42. The van der Waals surface area contributed by atoms with Crippen molar-refractivity contribution in [2.75, 3.05) is 6.61 Å². The van der Waals surface area contributed by atoms with E-state index < -0.39 is 0 Å². The average Bonchev–Trinajstić information content (AvgIpc) is 2.98. The monoisotopic (exact) mass is 306 g/mol. The van der Waals surface area contributed by atoms with Crippen LogP contribution in [-0.4, -0.2) is 16.0 Å². The fraction of sp³-hybridized carbons (Fsp3) is 0.267. The minimum absolute atomic E-state index is 0.460. The van der Waals surface area contributed by atoms with E-state index in [0.717, 1.165) is 22.0 Å². The fourth-order valence-corrected chi connectivity index (χ4v) is 3.50. The SMILES string of the molecule is CCOc1ccc(-c2c(C)sc3ncc(CCl)n23)cc1. The Hall–Kier alpha value is -1.52. The molecule has 5 heteroatoms. The molecule has 0 unspecified atom stereocenters. The Morgan fingerprint density at radius 3 is 2.70 bits per heavy atom. The molecule has 0 saturated heterocycles. The number of halogens is 1. The number of aryl methyl sites for hydroxylation is 1. The van der Waals surface area contributed by atoms with Gasteiger partial charge in [0.05, 0.1) is 30.1 Å². The van der Waals surface area contributed by atoms with Gasteiger partial charge in [-0.1, -0.05) is 0 Å². The molecule has 104 valence electrons. The van der Waals surface area contributed by atoms with Crippen molar-refractivity contribution in [2.45, 2.75) is 19.7 Å². The molecule has 0 aliphatic heterocycles. The number of hydrogen-bond donors (Lipinski definition) is 0. The Kier molecular flexibility index (Phi) is 3.68. The first-order valence-electron chi connectivity index (χ1n) is 6.49. The number of imidazole rings is 1. The van der Waals surface area contributed by atoms with Gasteiger partial charge in [0.2, 0.25) is 0 Å². The van der Waals surface area contributed by atoms with Crippen molar-refractivity contribution in [2.24, 2.45) is 0 Å². The highest BCUT2D eigenvalue weighted by molar-refractivity contribution is 7.17. The van der Waals surface area contributed by atoms with Gasteiger partial charge in [-0.15, -0.1) is 22.9 Å². The maximum absolute atomic E-state index is 6.01. The van der Waals surface area contributed by atoms with Gasteiger partial charge in [-0.3, -0.25) is 4.40 Å². The average molecular weight is 307 g/mol. The van der Waals surface area contributed by atoms with Crippen molar-refractivity contribution in [3.05, 3.63) is 41.0 Å². The van der Waals surface area contributed by atoms with Gasteiger partial charge in [-0.2, -0.15) is 0 Å². The van der Waals surface area contributed by atoms with Crippen molar-refractivity contribution >= 4 is 27.9 Å². The number of fused-ring (bicyclic) bond motifs is 1. The largest absolute Gasteiger partial charge is 0.494 e. The summed E-state index contributed by atoms with van der Waals surface area (Å²) in [6.07, 6.45) is 1.84. The zero-order valence-electron chi connectivity index (χ0n) is 11.4. The lowest BCUT2D eigenvalue weighted by Crippen LogP contribution is -1.94. The maximum Gasteiger partial charge on any atom is 0.194 e. The third-order valence-electron chi connectivity index (χ3n) is 3.18. The van der Waals surface area contributed by atoms with Gasteiger partial charge in [-0.25, -0.2) is 4.98 Å². The van der Waals surface area contributed by atoms with Crippen LogP contribution >= 0.6 is 22.9 Å². The summed E-state index contributed by atoms with van der Waals surface area (Å²) in [5.74, 6) is 1.35. The van der Waals surface area contributed by atoms with E-state index in [1.54, 1.807) is 11.3 Å². The second kappa shape index (κ2) is 5.46. The minimum Gasteiger partial charge on any atom is -0.494 e. The lowest BCUT2D eigenvalue weighted by molar-refractivity contribution is 0.340. The number of hydrogen-bond acceptors (Lipinski definition) is 3. The van der Waals surface area contributed by atoms with Crippen molar-refractivity contribution in [3.8, 4) is 17.0 Å². The van der Waals surface area contributed by atoms with Crippen molar-refractivity contribution in [1.29, 1.82) is 0 Å². The van der Waals surface area contributed by atoms with Crippen LogP contribution in [0.15, 0.2) is 30.5 Å². The van der Waals surface area contributed by atoms with E-state index in [1.807, 2.05) is 25.3 Å². The molecule has 0 aliphatic rings. The molecule has 0 saturated carbocycles. The summed E-state index contributed by atoms with van der Waals surface area (Å²) in [7, 11) is 0. The number of benzene rings is 1. The Morgan fingerprint density at radius 1 is 1.30 bits per heavy atom. The van der Waals surface area contributed by atoms with Crippen molar-refractivity contribution < 1.29 is 4.74 Å².